The van der Waals surface area contributed by atoms with Crippen LogP contribution in [0.15, 0.2) is 18.2 Å². The summed E-state index contributed by atoms with van der Waals surface area (Å²) >= 11 is 0. The van der Waals surface area contributed by atoms with Gasteiger partial charge in [-0.2, -0.15) is 4.31 Å². The van der Waals surface area contributed by atoms with Crippen LogP contribution in [0.25, 0.3) is 0 Å². The van der Waals surface area contributed by atoms with Crippen LogP contribution in [0.4, 0.5) is 0 Å². The monoisotopic (exact) mass is 351 g/mol. The molecule has 3 aliphatic rings. The lowest BCUT2D eigenvalue weighted by atomic mass is 9.88. The minimum atomic E-state index is -3.22. The van der Waals surface area contributed by atoms with Crippen molar-refractivity contribution in [2.24, 2.45) is 5.92 Å². The summed E-state index contributed by atoms with van der Waals surface area (Å²) < 4.78 is 38.6. The highest BCUT2D eigenvalue weighted by atomic mass is 32.2. The molecule has 0 amide bonds. The number of hydrogen-bond donors (Lipinski definition) is 0. The fourth-order valence-electron chi connectivity index (χ4n) is 4.22. The molecule has 0 saturated carbocycles. The summed E-state index contributed by atoms with van der Waals surface area (Å²) in [6.07, 6.45) is 4.35. The lowest BCUT2D eigenvalue weighted by Gasteiger charge is -2.42. The predicted molar refractivity (Wildman–Crippen MR) is 91.8 cm³/mol. The molecule has 132 valence electrons. The molecule has 6 heteroatoms. The maximum atomic E-state index is 12.9. The summed E-state index contributed by atoms with van der Waals surface area (Å²) in [5, 5.41) is 0. The third-order valence-corrected chi connectivity index (χ3v) is 7.41. The highest BCUT2D eigenvalue weighted by molar-refractivity contribution is 7.89. The Bertz CT molecular complexity index is 701. The molecule has 0 radical (unpaired) electrons. The quantitative estimate of drug-likeness (QED) is 0.832. The number of nitrogens with zero attached hydrogens (tertiary/aromatic N) is 1. The van der Waals surface area contributed by atoms with Gasteiger partial charge in [0.25, 0.3) is 0 Å². The normalized spacial score (nSPS) is 27.3. The molecule has 0 aromatic heterocycles. The summed E-state index contributed by atoms with van der Waals surface area (Å²) in [4.78, 5) is 0. The lowest BCUT2D eigenvalue weighted by molar-refractivity contribution is -0.00806. The van der Waals surface area contributed by atoms with Crippen LogP contribution in [-0.2, 0) is 27.6 Å². The third kappa shape index (κ3) is 3.19. The van der Waals surface area contributed by atoms with Crippen molar-refractivity contribution in [1.29, 1.82) is 0 Å². The van der Waals surface area contributed by atoms with E-state index in [4.69, 9.17) is 9.47 Å². The number of sulfonamides is 1. The van der Waals surface area contributed by atoms with Crippen molar-refractivity contribution in [2.75, 3.05) is 32.1 Å². The summed E-state index contributed by atoms with van der Waals surface area (Å²) in [5.41, 5.74) is 2.29. The van der Waals surface area contributed by atoms with E-state index in [0.29, 0.717) is 32.1 Å². The number of piperidine rings is 1. The highest BCUT2D eigenvalue weighted by Crippen LogP contribution is 2.32. The van der Waals surface area contributed by atoms with Crippen molar-refractivity contribution >= 4 is 10.0 Å². The Balaban J connectivity index is 1.44. The van der Waals surface area contributed by atoms with Gasteiger partial charge in [0.1, 0.15) is 5.75 Å². The second kappa shape index (κ2) is 6.65. The van der Waals surface area contributed by atoms with Crippen molar-refractivity contribution in [3.63, 3.8) is 0 Å². The summed E-state index contributed by atoms with van der Waals surface area (Å²) in [6, 6.07) is 6.21. The number of benzene rings is 1. The van der Waals surface area contributed by atoms with Gasteiger partial charge in [-0.15, -0.1) is 0 Å². The molecule has 2 unspecified atom stereocenters. The average molecular weight is 351 g/mol. The van der Waals surface area contributed by atoms with Crippen molar-refractivity contribution in [3.05, 3.63) is 29.3 Å². The molecule has 1 aromatic carbocycles. The van der Waals surface area contributed by atoms with E-state index in [-0.39, 0.29) is 11.8 Å². The minimum absolute atomic E-state index is 0.144. The summed E-state index contributed by atoms with van der Waals surface area (Å²) in [6.45, 7) is 2.79. The topological polar surface area (TPSA) is 55.8 Å². The van der Waals surface area contributed by atoms with E-state index < -0.39 is 10.0 Å². The largest absolute Gasteiger partial charge is 0.493 e. The Morgan fingerprint density at radius 2 is 2.12 bits per heavy atom. The Morgan fingerprint density at radius 1 is 1.21 bits per heavy atom. The minimum Gasteiger partial charge on any atom is -0.493 e. The Labute approximate surface area is 144 Å². The van der Waals surface area contributed by atoms with Crippen molar-refractivity contribution in [3.8, 4) is 5.75 Å². The number of rotatable bonds is 4. The molecule has 24 heavy (non-hydrogen) atoms. The first-order valence-corrected chi connectivity index (χ1v) is 10.6. The van der Waals surface area contributed by atoms with Crippen LogP contribution in [0.2, 0.25) is 0 Å². The zero-order valence-corrected chi connectivity index (χ0v) is 14.8. The number of aryl methyl sites for hydroxylation is 1. The Morgan fingerprint density at radius 3 is 3.04 bits per heavy atom. The second-order valence-corrected chi connectivity index (χ2v) is 9.09. The standard InChI is InChI=1S/C18H25NO4S/c20-24(21,19-8-1-2-16-13-22-9-6-17(16)19)11-7-14-3-4-18-15(12-14)5-10-23-18/h3-4,12,16-17H,1-2,5-11,13H2. The first-order chi connectivity index (χ1) is 11.6. The molecule has 4 rings (SSSR count). The van der Waals surface area contributed by atoms with Crippen LogP contribution in [0.5, 0.6) is 5.75 Å². The van der Waals surface area contributed by atoms with Crippen LogP contribution in [0, 0.1) is 5.92 Å². The molecule has 5 nitrogen and oxygen atoms in total. The molecule has 1 aromatic rings. The van der Waals surface area contributed by atoms with Gasteiger partial charge < -0.3 is 9.47 Å². The van der Waals surface area contributed by atoms with Gasteiger partial charge in [0.2, 0.25) is 10.0 Å². The van der Waals surface area contributed by atoms with Crippen molar-refractivity contribution < 1.29 is 17.9 Å². The van der Waals surface area contributed by atoms with Gasteiger partial charge in [-0.05, 0) is 48.8 Å². The maximum absolute atomic E-state index is 12.9. The number of ether oxygens (including phenoxy) is 2. The fraction of sp³-hybridized carbons (Fsp3) is 0.667. The molecule has 0 N–H and O–H groups in total. The van der Waals surface area contributed by atoms with Gasteiger partial charge in [0, 0.05) is 25.6 Å². The van der Waals surface area contributed by atoms with E-state index >= 15 is 0 Å². The number of hydrogen-bond acceptors (Lipinski definition) is 4. The van der Waals surface area contributed by atoms with E-state index in [1.165, 1.54) is 5.56 Å². The van der Waals surface area contributed by atoms with Crippen molar-refractivity contribution in [1.82, 2.24) is 4.31 Å². The SMILES string of the molecule is O=S(=O)(CCc1ccc2c(c1)CCO2)N1CCCC2COCCC21. The Hall–Kier alpha value is -1.11. The Kier molecular flexibility index (Phi) is 4.54. The van der Waals surface area contributed by atoms with E-state index in [2.05, 4.69) is 6.07 Å². The lowest BCUT2D eigenvalue weighted by Crippen LogP contribution is -2.52. The molecular formula is C18H25NO4S. The third-order valence-electron chi connectivity index (χ3n) is 5.52. The predicted octanol–water partition coefficient (Wildman–Crippen LogP) is 1.99. The smallest absolute Gasteiger partial charge is 0.214 e. The van der Waals surface area contributed by atoms with Crippen LogP contribution in [-0.4, -0.2) is 50.9 Å². The number of fused-ring (bicyclic) bond motifs is 2. The zero-order valence-electron chi connectivity index (χ0n) is 13.9. The van der Waals surface area contributed by atoms with Crippen LogP contribution >= 0.6 is 0 Å². The first kappa shape index (κ1) is 16.4. The van der Waals surface area contributed by atoms with Gasteiger partial charge in [0.05, 0.1) is 19.0 Å². The van der Waals surface area contributed by atoms with Gasteiger partial charge in [0.15, 0.2) is 0 Å². The van der Waals surface area contributed by atoms with Crippen LogP contribution in [0.1, 0.15) is 30.4 Å². The molecular weight excluding hydrogens is 326 g/mol. The highest BCUT2D eigenvalue weighted by Gasteiger charge is 2.39. The van der Waals surface area contributed by atoms with Crippen molar-refractivity contribution in [2.45, 2.75) is 38.1 Å². The molecule has 3 heterocycles. The van der Waals surface area contributed by atoms with Crippen LogP contribution in [0.3, 0.4) is 0 Å². The molecule has 2 atom stereocenters. The molecule has 2 fully saturated rings. The zero-order chi connectivity index (χ0) is 16.6. The molecule has 0 spiro atoms. The molecule has 3 aliphatic heterocycles. The molecule has 0 bridgehead atoms. The van der Waals surface area contributed by atoms with Gasteiger partial charge in [-0.25, -0.2) is 8.42 Å². The van der Waals surface area contributed by atoms with Gasteiger partial charge in [-0.1, -0.05) is 12.1 Å². The maximum Gasteiger partial charge on any atom is 0.214 e. The van der Waals surface area contributed by atoms with E-state index in [9.17, 15) is 8.42 Å². The van der Waals surface area contributed by atoms with Gasteiger partial charge >= 0.3 is 0 Å². The summed E-state index contributed by atoms with van der Waals surface area (Å²) in [7, 11) is -3.22. The molecule has 0 aliphatic carbocycles. The van der Waals surface area contributed by atoms with E-state index in [1.54, 1.807) is 4.31 Å². The fourth-order valence-corrected chi connectivity index (χ4v) is 6.05. The van der Waals surface area contributed by atoms with Crippen LogP contribution < -0.4 is 4.74 Å². The average Bonchev–Trinajstić information content (AvgIpc) is 3.07. The van der Waals surface area contributed by atoms with E-state index in [1.807, 2.05) is 12.1 Å². The molecule has 2 saturated heterocycles. The second-order valence-electron chi connectivity index (χ2n) is 7.05. The van der Waals surface area contributed by atoms with E-state index in [0.717, 1.165) is 43.6 Å². The summed E-state index contributed by atoms with van der Waals surface area (Å²) in [5.74, 6) is 1.51. The van der Waals surface area contributed by atoms with Gasteiger partial charge in [-0.3, -0.25) is 0 Å². The first-order valence-electron chi connectivity index (χ1n) is 8.95.